The molecule has 2 rings (SSSR count). The van der Waals surface area contributed by atoms with Crippen LogP contribution >= 0.6 is 0 Å². The number of aryl methyl sites for hydroxylation is 2. The van der Waals surface area contributed by atoms with Gasteiger partial charge in [-0.1, -0.05) is 13.8 Å². The molecule has 0 unspecified atom stereocenters. The number of aromatic amines is 1. The summed E-state index contributed by atoms with van der Waals surface area (Å²) in [7, 11) is 0. The Hall–Kier alpha value is -1.35. The third kappa shape index (κ3) is 1.84. The molecule has 0 saturated carbocycles. The smallest absolute Gasteiger partial charge is 0.147 e. The summed E-state index contributed by atoms with van der Waals surface area (Å²) in [5.74, 6) is -0.254. The van der Waals surface area contributed by atoms with Gasteiger partial charge < -0.3 is 10.1 Å². The molecule has 0 amide bonds. The molecular weight excluding hydrogens is 217 g/mol. The van der Waals surface area contributed by atoms with E-state index < -0.39 is 5.41 Å². The molecule has 1 aromatic carbocycles. The quantitative estimate of drug-likeness (QED) is 0.824. The number of aliphatic hydroxyl groups excluding tert-OH is 1. The van der Waals surface area contributed by atoms with Gasteiger partial charge in [-0.3, -0.25) is 0 Å². The van der Waals surface area contributed by atoms with Crippen LogP contribution in [0.15, 0.2) is 12.1 Å². The van der Waals surface area contributed by atoms with E-state index in [4.69, 9.17) is 0 Å². The number of halogens is 1. The third-order valence-corrected chi connectivity index (χ3v) is 3.55. The van der Waals surface area contributed by atoms with Crippen molar-refractivity contribution in [3.8, 4) is 0 Å². The SMILES string of the molecule is Cc1[nH]c2c(F)cc(C(C)(C)CO)cc2c1C. The first-order valence-electron chi connectivity index (χ1n) is 5.76. The molecular formula is C14H18FNO. The summed E-state index contributed by atoms with van der Waals surface area (Å²) in [5.41, 5.74) is 3.00. The molecule has 0 bridgehead atoms. The van der Waals surface area contributed by atoms with Crippen molar-refractivity contribution in [1.29, 1.82) is 0 Å². The fourth-order valence-corrected chi connectivity index (χ4v) is 1.99. The monoisotopic (exact) mass is 235 g/mol. The maximum absolute atomic E-state index is 14.0. The van der Waals surface area contributed by atoms with Crippen molar-refractivity contribution in [3.63, 3.8) is 0 Å². The Balaban J connectivity index is 2.74. The lowest BCUT2D eigenvalue weighted by molar-refractivity contribution is 0.218. The van der Waals surface area contributed by atoms with E-state index in [2.05, 4.69) is 4.98 Å². The van der Waals surface area contributed by atoms with Crippen LogP contribution in [0.1, 0.15) is 30.7 Å². The Bertz CT molecular complexity index is 569. The third-order valence-electron chi connectivity index (χ3n) is 3.55. The average molecular weight is 235 g/mol. The summed E-state index contributed by atoms with van der Waals surface area (Å²) in [6.07, 6.45) is 0. The van der Waals surface area contributed by atoms with E-state index in [9.17, 15) is 9.50 Å². The molecule has 92 valence electrons. The molecule has 2 nitrogen and oxygen atoms in total. The Morgan fingerprint density at radius 1 is 1.29 bits per heavy atom. The maximum atomic E-state index is 14.0. The number of hydrogen-bond acceptors (Lipinski definition) is 1. The van der Waals surface area contributed by atoms with Gasteiger partial charge in [0, 0.05) is 16.5 Å². The number of fused-ring (bicyclic) bond motifs is 1. The summed E-state index contributed by atoms with van der Waals surface area (Å²) in [4.78, 5) is 3.05. The van der Waals surface area contributed by atoms with Crippen LogP contribution in [0.5, 0.6) is 0 Å². The predicted octanol–water partition coefficient (Wildman–Crippen LogP) is 3.19. The molecule has 2 N–H and O–H groups in total. The number of nitrogens with one attached hydrogen (secondary N) is 1. The highest BCUT2D eigenvalue weighted by Gasteiger charge is 2.22. The minimum atomic E-state index is -0.424. The van der Waals surface area contributed by atoms with Crippen molar-refractivity contribution in [1.82, 2.24) is 4.98 Å². The lowest BCUT2D eigenvalue weighted by Crippen LogP contribution is -2.22. The fraction of sp³-hybridized carbons (Fsp3) is 0.429. The highest BCUT2D eigenvalue weighted by Crippen LogP contribution is 2.30. The number of rotatable bonds is 2. The zero-order chi connectivity index (χ0) is 12.8. The standard InChI is InChI=1S/C14H18FNO/c1-8-9(2)16-13-11(8)5-10(6-12(13)15)14(3,4)7-17/h5-6,16-17H,7H2,1-4H3. The Kier molecular flexibility index (Phi) is 2.74. The van der Waals surface area contributed by atoms with Crippen molar-refractivity contribution < 1.29 is 9.50 Å². The van der Waals surface area contributed by atoms with Gasteiger partial charge in [0.05, 0.1) is 12.1 Å². The first-order valence-corrected chi connectivity index (χ1v) is 5.76. The van der Waals surface area contributed by atoms with Crippen molar-refractivity contribution in [2.75, 3.05) is 6.61 Å². The second-order valence-corrected chi connectivity index (χ2v) is 5.30. The maximum Gasteiger partial charge on any atom is 0.147 e. The van der Waals surface area contributed by atoms with Crippen LogP contribution < -0.4 is 0 Å². The lowest BCUT2D eigenvalue weighted by Gasteiger charge is -2.22. The minimum absolute atomic E-state index is 0.000396. The molecule has 0 spiro atoms. The van der Waals surface area contributed by atoms with Gasteiger partial charge in [-0.2, -0.15) is 0 Å². The van der Waals surface area contributed by atoms with E-state index in [1.807, 2.05) is 33.8 Å². The first kappa shape index (κ1) is 12.1. The minimum Gasteiger partial charge on any atom is -0.395 e. The molecule has 0 atom stereocenters. The van der Waals surface area contributed by atoms with Gasteiger partial charge in [0.25, 0.3) is 0 Å². The van der Waals surface area contributed by atoms with Crippen molar-refractivity contribution in [2.45, 2.75) is 33.1 Å². The van der Waals surface area contributed by atoms with E-state index in [0.29, 0.717) is 5.52 Å². The van der Waals surface area contributed by atoms with Crippen LogP contribution in [-0.4, -0.2) is 16.7 Å². The zero-order valence-corrected chi connectivity index (χ0v) is 10.7. The Labute approximate surface area is 100 Å². The summed E-state index contributed by atoms with van der Waals surface area (Å²) in [6.45, 7) is 7.72. The molecule has 0 saturated heterocycles. The molecule has 0 aliphatic rings. The zero-order valence-electron chi connectivity index (χ0n) is 10.7. The molecule has 0 aliphatic heterocycles. The fourth-order valence-electron chi connectivity index (χ4n) is 1.99. The van der Waals surface area contributed by atoms with E-state index in [0.717, 1.165) is 22.2 Å². The van der Waals surface area contributed by atoms with Gasteiger partial charge in [-0.15, -0.1) is 0 Å². The summed E-state index contributed by atoms with van der Waals surface area (Å²) in [6, 6.07) is 3.47. The Morgan fingerprint density at radius 2 is 1.94 bits per heavy atom. The van der Waals surface area contributed by atoms with Gasteiger partial charge in [0.2, 0.25) is 0 Å². The van der Waals surface area contributed by atoms with E-state index >= 15 is 0 Å². The van der Waals surface area contributed by atoms with E-state index in [1.165, 1.54) is 6.07 Å². The molecule has 0 aliphatic carbocycles. The average Bonchev–Trinajstić information content (AvgIpc) is 2.57. The normalized spacial score (nSPS) is 12.4. The van der Waals surface area contributed by atoms with Gasteiger partial charge in [-0.05, 0) is 37.1 Å². The molecule has 17 heavy (non-hydrogen) atoms. The van der Waals surface area contributed by atoms with Gasteiger partial charge >= 0.3 is 0 Å². The van der Waals surface area contributed by atoms with Crippen molar-refractivity contribution in [2.24, 2.45) is 0 Å². The predicted molar refractivity (Wildman–Crippen MR) is 67.8 cm³/mol. The van der Waals surface area contributed by atoms with E-state index in [-0.39, 0.29) is 12.4 Å². The Morgan fingerprint density at radius 3 is 2.53 bits per heavy atom. The second-order valence-electron chi connectivity index (χ2n) is 5.30. The summed E-state index contributed by atoms with van der Waals surface area (Å²) in [5, 5.41) is 10.3. The number of aromatic nitrogens is 1. The van der Waals surface area contributed by atoms with Crippen LogP contribution in [0, 0.1) is 19.7 Å². The van der Waals surface area contributed by atoms with Crippen LogP contribution in [-0.2, 0) is 5.41 Å². The summed E-state index contributed by atoms with van der Waals surface area (Å²) < 4.78 is 14.0. The first-order chi connectivity index (χ1) is 7.86. The van der Waals surface area contributed by atoms with Gasteiger partial charge in [0.15, 0.2) is 0 Å². The molecule has 2 aromatic rings. The molecule has 1 heterocycles. The van der Waals surface area contributed by atoms with Crippen LogP contribution in [0.25, 0.3) is 10.9 Å². The number of H-pyrrole nitrogens is 1. The van der Waals surface area contributed by atoms with Crippen molar-refractivity contribution >= 4 is 10.9 Å². The van der Waals surface area contributed by atoms with Crippen LogP contribution in [0.4, 0.5) is 4.39 Å². The van der Waals surface area contributed by atoms with Crippen molar-refractivity contribution in [3.05, 3.63) is 34.8 Å². The number of benzene rings is 1. The molecule has 0 fully saturated rings. The second kappa shape index (κ2) is 3.84. The highest BCUT2D eigenvalue weighted by atomic mass is 19.1. The largest absolute Gasteiger partial charge is 0.395 e. The van der Waals surface area contributed by atoms with Gasteiger partial charge in [-0.25, -0.2) is 4.39 Å². The molecule has 0 radical (unpaired) electrons. The van der Waals surface area contributed by atoms with E-state index in [1.54, 1.807) is 0 Å². The topological polar surface area (TPSA) is 36.0 Å². The van der Waals surface area contributed by atoms with Crippen LogP contribution in [0.3, 0.4) is 0 Å². The van der Waals surface area contributed by atoms with Crippen LogP contribution in [0.2, 0.25) is 0 Å². The molecule has 1 aromatic heterocycles. The number of aliphatic hydroxyl groups is 1. The molecule has 3 heteroatoms. The number of hydrogen-bond donors (Lipinski definition) is 2. The van der Waals surface area contributed by atoms with Gasteiger partial charge in [0.1, 0.15) is 5.82 Å². The summed E-state index contributed by atoms with van der Waals surface area (Å²) >= 11 is 0. The highest BCUT2D eigenvalue weighted by molar-refractivity contribution is 5.85. The lowest BCUT2D eigenvalue weighted by atomic mass is 9.84.